The van der Waals surface area contributed by atoms with Gasteiger partial charge in [-0.05, 0) is 68.2 Å². The van der Waals surface area contributed by atoms with Crippen LogP contribution in [0.2, 0.25) is 0 Å². The van der Waals surface area contributed by atoms with Gasteiger partial charge in [0.1, 0.15) is 5.75 Å². The first-order valence-corrected chi connectivity index (χ1v) is 14.4. The summed E-state index contributed by atoms with van der Waals surface area (Å²) in [5.74, 6) is 1.16. The Morgan fingerprint density at radius 1 is 1.00 bits per heavy atom. The molecule has 210 valence electrons. The highest BCUT2D eigenvalue weighted by Gasteiger charge is 2.19. The standard InChI is InChI=1S/C32H44N4O3/c1-26-29(24-34(2)33-26)14-16-32(38)36-17-7-4-8-21-39-31-15-13-27(12-9-20-37)22-30(31)25-35(18-19-36)23-28-10-5-3-6-11-28/h3,5-6,10-11,13,15,22,24,37H,4,7-9,12,14,16-21,23,25H2,1-2H3. The number of ether oxygens (including phenoxy) is 1. The van der Waals surface area contributed by atoms with Crippen LogP contribution in [0.25, 0.3) is 0 Å². The monoisotopic (exact) mass is 532 g/mol. The maximum atomic E-state index is 13.4. The molecule has 0 bridgehead atoms. The molecule has 39 heavy (non-hydrogen) atoms. The molecule has 1 N–H and O–H groups in total. The molecule has 0 aliphatic carbocycles. The number of carbonyl (C=O) groups is 1. The molecule has 0 atom stereocenters. The summed E-state index contributed by atoms with van der Waals surface area (Å²) in [6, 6.07) is 17.0. The third-order valence-electron chi connectivity index (χ3n) is 7.48. The van der Waals surface area contributed by atoms with E-state index in [0.717, 1.165) is 81.7 Å². The van der Waals surface area contributed by atoms with E-state index < -0.39 is 0 Å². The number of benzene rings is 2. The highest BCUT2D eigenvalue weighted by molar-refractivity contribution is 5.76. The summed E-state index contributed by atoms with van der Waals surface area (Å²) in [5.41, 5.74) is 5.79. The fourth-order valence-electron chi connectivity index (χ4n) is 5.31. The van der Waals surface area contributed by atoms with Gasteiger partial charge >= 0.3 is 0 Å². The number of aryl methyl sites for hydroxylation is 4. The van der Waals surface area contributed by atoms with E-state index in [1.54, 1.807) is 0 Å². The second kappa shape index (κ2) is 14.8. The average molecular weight is 533 g/mol. The third-order valence-corrected chi connectivity index (χ3v) is 7.48. The molecule has 3 aromatic rings. The van der Waals surface area contributed by atoms with Crippen LogP contribution in [-0.4, -0.2) is 63.4 Å². The zero-order valence-corrected chi connectivity index (χ0v) is 23.6. The Hall–Kier alpha value is -3.16. The minimum Gasteiger partial charge on any atom is -0.493 e. The average Bonchev–Trinajstić information content (AvgIpc) is 3.27. The van der Waals surface area contributed by atoms with Crippen LogP contribution in [0.3, 0.4) is 0 Å². The van der Waals surface area contributed by atoms with Crippen molar-refractivity contribution in [3.63, 3.8) is 0 Å². The lowest BCUT2D eigenvalue weighted by Gasteiger charge is -2.28. The normalized spacial score (nSPS) is 15.5. The maximum Gasteiger partial charge on any atom is 0.222 e. The molecule has 0 spiro atoms. The van der Waals surface area contributed by atoms with E-state index in [-0.39, 0.29) is 12.5 Å². The van der Waals surface area contributed by atoms with E-state index in [0.29, 0.717) is 19.6 Å². The van der Waals surface area contributed by atoms with Crippen LogP contribution in [0, 0.1) is 6.92 Å². The summed E-state index contributed by atoms with van der Waals surface area (Å²) < 4.78 is 8.09. The number of carbonyl (C=O) groups excluding carboxylic acids is 1. The summed E-state index contributed by atoms with van der Waals surface area (Å²) in [5, 5.41) is 13.8. The van der Waals surface area contributed by atoms with Crippen molar-refractivity contribution in [2.24, 2.45) is 7.05 Å². The van der Waals surface area contributed by atoms with Gasteiger partial charge in [-0.2, -0.15) is 5.10 Å². The van der Waals surface area contributed by atoms with Crippen LogP contribution in [0.15, 0.2) is 54.7 Å². The van der Waals surface area contributed by atoms with Gasteiger partial charge in [0.25, 0.3) is 0 Å². The van der Waals surface area contributed by atoms with Gasteiger partial charge in [0.05, 0.1) is 12.3 Å². The zero-order chi connectivity index (χ0) is 27.5. The Morgan fingerprint density at radius 3 is 2.62 bits per heavy atom. The number of nitrogens with zero attached hydrogens (tertiary/aromatic N) is 4. The number of aliphatic hydroxyl groups is 1. The van der Waals surface area contributed by atoms with Crippen molar-refractivity contribution < 1.29 is 14.6 Å². The first kappa shape index (κ1) is 28.8. The first-order chi connectivity index (χ1) is 19.0. The lowest BCUT2D eigenvalue weighted by molar-refractivity contribution is -0.131. The lowest BCUT2D eigenvalue weighted by Crippen LogP contribution is -2.39. The lowest BCUT2D eigenvalue weighted by atomic mass is 10.0. The van der Waals surface area contributed by atoms with Crippen LogP contribution in [0.4, 0.5) is 0 Å². The van der Waals surface area contributed by atoms with Crippen LogP contribution >= 0.6 is 0 Å². The second-order valence-electron chi connectivity index (χ2n) is 10.7. The number of fused-ring (bicyclic) bond motifs is 1. The van der Waals surface area contributed by atoms with E-state index in [9.17, 15) is 9.90 Å². The number of aromatic nitrogens is 2. The highest BCUT2D eigenvalue weighted by Crippen LogP contribution is 2.25. The molecule has 2 aromatic carbocycles. The predicted molar refractivity (Wildman–Crippen MR) is 155 cm³/mol. The van der Waals surface area contributed by atoms with E-state index in [1.807, 2.05) is 30.9 Å². The zero-order valence-electron chi connectivity index (χ0n) is 23.6. The summed E-state index contributed by atoms with van der Waals surface area (Å²) in [7, 11) is 1.93. The van der Waals surface area contributed by atoms with Crippen molar-refractivity contribution in [1.82, 2.24) is 19.6 Å². The topological polar surface area (TPSA) is 70.8 Å². The van der Waals surface area contributed by atoms with Crippen LogP contribution < -0.4 is 4.74 Å². The molecule has 7 nitrogen and oxygen atoms in total. The Morgan fingerprint density at radius 2 is 1.85 bits per heavy atom. The number of hydrogen-bond acceptors (Lipinski definition) is 5. The smallest absolute Gasteiger partial charge is 0.222 e. The van der Waals surface area contributed by atoms with Crippen LogP contribution in [-0.2, 0) is 37.8 Å². The van der Waals surface area contributed by atoms with Crippen molar-refractivity contribution in [2.45, 2.75) is 65.0 Å². The van der Waals surface area contributed by atoms with Gasteiger partial charge in [0, 0.05) is 64.6 Å². The highest BCUT2D eigenvalue weighted by atomic mass is 16.5. The van der Waals surface area contributed by atoms with Crippen molar-refractivity contribution >= 4 is 5.91 Å². The van der Waals surface area contributed by atoms with Crippen LogP contribution in [0.1, 0.15) is 60.1 Å². The van der Waals surface area contributed by atoms with E-state index in [1.165, 1.54) is 16.7 Å². The molecular formula is C32H44N4O3. The van der Waals surface area contributed by atoms with Crippen molar-refractivity contribution in [2.75, 3.05) is 32.8 Å². The number of hydrogen-bond donors (Lipinski definition) is 1. The fraction of sp³-hybridized carbons (Fsp3) is 0.500. The molecule has 4 rings (SSSR count). The maximum absolute atomic E-state index is 13.4. The number of aliphatic hydroxyl groups excluding tert-OH is 1. The van der Waals surface area contributed by atoms with Gasteiger partial charge in [0.15, 0.2) is 0 Å². The molecule has 0 saturated heterocycles. The van der Waals surface area contributed by atoms with Gasteiger partial charge in [0.2, 0.25) is 5.91 Å². The molecule has 1 aliphatic rings. The van der Waals surface area contributed by atoms with Gasteiger partial charge in [-0.1, -0.05) is 42.5 Å². The van der Waals surface area contributed by atoms with E-state index >= 15 is 0 Å². The summed E-state index contributed by atoms with van der Waals surface area (Å²) >= 11 is 0. The van der Waals surface area contributed by atoms with Gasteiger partial charge in [-0.25, -0.2) is 0 Å². The molecular weight excluding hydrogens is 488 g/mol. The van der Waals surface area contributed by atoms with Crippen molar-refractivity contribution in [3.05, 3.63) is 82.7 Å². The molecule has 0 saturated carbocycles. The number of rotatable bonds is 8. The van der Waals surface area contributed by atoms with Crippen LogP contribution in [0.5, 0.6) is 5.75 Å². The van der Waals surface area contributed by atoms with E-state index in [2.05, 4.69) is 57.4 Å². The Labute approximate surface area is 233 Å². The van der Waals surface area contributed by atoms with Gasteiger partial charge in [-0.15, -0.1) is 0 Å². The number of amides is 1. The summed E-state index contributed by atoms with van der Waals surface area (Å²) in [4.78, 5) is 17.9. The summed E-state index contributed by atoms with van der Waals surface area (Å²) in [6.07, 6.45) is 7.83. The second-order valence-corrected chi connectivity index (χ2v) is 10.7. The molecule has 7 heteroatoms. The molecule has 1 aliphatic heterocycles. The van der Waals surface area contributed by atoms with Gasteiger partial charge in [-0.3, -0.25) is 14.4 Å². The fourth-order valence-corrected chi connectivity index (χ4v) is 5.31. The Bertz CT molecular complexity index is 1180. The minimum absolute atomic E-state index is 0.192. The van der Waals surface area contributed by atoms with Gasteiger partial charge < -0.3 is 14.7 Å². The predicted octanol–water partition coefficient (Wildman–Crippen LogP) is 4.68. The van der Waals surface area contributed by atoms with E-state index in [4.69, 9.17) is 4.74 Å². The SMILES string of the molecule is Cc1nn(C)cc1CCC(=O)N1CCCCCOc2ccc(CCCO)cc2CN(Cc2ccccc2)CC1. The Balaban J connectivity index is 1.52. The van der Waals surface area contributed by atoms with Crippen molar-refractivity contribution in [1.29, 1.82) is 0 Å². The third kappa shape index (κ3) is 8.94. The Kier molecular flexibility index (Phi) is 11.0. The molecule has 0 unspecified atom stereocenters. The van der Waals surface area contributed by atoms with Crippen molar-refractivity contribution in [3.8, 4) is 5.75 Å². The quantitative estimate of drug-likeness (QED) is 0.456. The first-order valence-electron chi connectivity index (χ1n) is 14.4. The summed E-state index contributed by atoms with van der Waals surface area (Å²) in [6.45, 7) is 6.70. The molecule has 1 aromatic heterocycles. The molecule has 0 fully saturated rings. The molecule has 2 heterocycles. The largest absolute Gasteiger partial charge is 0.493 e. The molecule has 0 radical (unpaired) electrons. The molecule has 1 amide bonds. The minimum atomic E-state index is 0.192.